The highest BCUT2D eigenvalue weighted by Crippen LogP contribution is 2.26. The quantitative estimate of drug-likeness (QED) is 0.671. The van der Waals surface area contributed by atoms with Crippen LogP contribution in [0.3, 0.4) is 0 Å². The molecule has 1 aromatic heterocycles. The summed E-state index contributed by atoms with van der Waals surface area (Å²) in [5.41, 5.74) is 3.83. The zero-order chi connectivity index (χ0) is 15.4. The molecule has 0 atom stereocenters. The molecule has 3 rings (SSSR count). The van der Waals surface area contributed by atoms with Crippen molar-refractivity contribution in [3.63, 3.8) is 0 Å². The van der Waals surface area contributed by atoms with Crippen LogP contribution in [0.5, 0.6) is 0 Å². The molecule has 0 spiro atoms. The highest BCUT2D eigenvalue weighted by molar-refractivity contribution is 5.86. The normalized spacial score (nSPS) is 10.8. The second-order valence-corrected chi connectivity index (χ2v) is 5.59. The van der Waals surface area contributed by atoms with E-state index in [1.54, 1.807) is 0 Å². The van der Waals surface area contributed by atoms with Crippen LogP contribution >= 0.6 is 0 Å². The van der Waals surface area contributed by atoms with Crippen LogP contribution in [-0.2, 0) is 12.8 Å². The van der Waals surface area contributed by atoms with E-state index in [2.05, 4.69) is 72.7 Å². The number of aromatic nitrogens is 1. The lowest BCUT2D eigenvalue weighted by atomic mass is 10.0. The smallest absolute Gasteiger partial charge is 0.133 e. The summed E-state index contributed by atoms with van der Waals surface area (Å²) in [7, 11) is 0. The Labute approximate surface area is 132 Å². The van der Waals surface area contributed by atoms with E-state index in [0.29, 0.717) is 0 Å². The van der Waals surface area contributed by atoms with Gasteiger partial charge in [-0.15, -0.1) is 0 Å². The maximum Gasteiger partial charge on any atom is 0.133 e. The van der Waals surface area contributed by atoms with Crippen molar-refractivity contribution in [2.75, 3.05) is 5.32 Å². The lowest BCUT2D eigenvalue weighted by molar-refractivity contribution is 0.892. The molecule has 2 aromatic carbocycles. The van der Waals surface area contributed by atoms with E-state index in [1.807, 2.05) is 6.20 Å². The van der Waals surface area contributed by atoms with Gasteiger partial charge in [0, 0.05) is 11.9 Å². The first-order chi connectivity index (χ1) is 10.8. The van der Waals surface area contributed by atoms with Crippen LogP contribution in [0.4, 0.5) is 11.5 Å². The molecule has 0 aliphatic carbocycles. The van der Waals surface area contributed by atoms with Crippen molar-refractivity contribution in [3.8, 4) is 0 Å². The molecule has 0 amide bonds. The average Bonchev–Trinajstić information content (AvgIpc) is 2.56. The van der Waals surface area contributed by atoms with Crippen molar-refractivity contribution in [1.82, 2.24) is 4.98 Å². The van der Waals surface area contributed by atoms with Crippen molar-refractivity contribution < 1.29 is 0 Å². The number of hydrogen-bond donors (Lipinski definition) is 1. The summed E-state index contributed by atoms with van der Waals surface area (Å²) in [4.78, 5) is 4.57. The van der Waals surface area contributed by atoms with Gasteiger partial charge in [0.05, 0.1) is 0 Å². The maximum atomic E-state index is 4.57. The third-order valence-electron chi connectivity index (χ3n) is 4.05. The SMILES string of the molecule is CCCc1c(CC)ccnc1Nc1ccc2ccccc2c1. The van der Waals surface area contributed by atoms with Gasteiger partial charge in [0.25, 0.3) is 0 Å². The minimum Gasteiger partial charge on any atom is -0.340 e. The van der Waals surface area contributed by atoms with E-state index >= 15 is 0 Å². The molecule has 3 aromatic rings. The van der Waals surface area contributed by atoms with Gasteiger partial charge in [0.2, 0.25) is 0 Å². The van der Waals surface area contributed by atoms with Crippen molar-refractivity contribution in [2.45, 2.75) is 33.1 Å². The Hall–Kier alpha value is -2.35. The van der Waals surface area contributed by atoms with Gasteiger partial charge in [-0.3, -0.25) is 0 Å². The Balaban J connectivity index is 1.97. The Kier molecular flexibility index (Phi) is 4.38. The standard InChI is InChI=1S/C20H22N2/c1-3-7-19-15(4-2)12-13-21-20(19)22-18-11-10-16-8-5-6-9-17(16)14-18/h5-6,8-14H,3-4,7H2,1-2H3,(H,21,22). The summed E-state index contributed by atoms with van der Waals surface area (Å²) in [5.74, 6) is 0.997. The number of hydrogen-bond acceptors (Lipinski definition) is 2. The number of nitrogens with one attached hydrogen (secondary N) is 1. The summed E-state index contributed by atoms with van der Waals surface area (Å²) < 4.78 is 0. The molecule has 0 aliphatic heterocycles. The van der Waals surface area contributed by atoms with Crippen LogP contribution in [-0.4, -0.2) is 4.98 Å². The molecule has 0 aliphatic rings. The van der Waals surface area contributed by atoms with Gasteiger partial charge in [-0.05, 0) is 52.9 Å². The topological polar surface area (TPSA) is 24.9 Å². The highest BCUT2D eigenvalue weighted by atomic mass is 15.0. The van der Waals surface area contributed by atoms with Crippen LogP contribution in [0.2, 0.25) is 0 Å². The molecular formula is C20H22N2. The largest absolute Gasteiger partial charge is 0.340 e. The van der Waals surface area contributed by atoms with E-state index in [9.17, 15) is 0 Å². The van der Waals surface area contributed by atoms with Gasteiger partial charge in [-0.2, -0.15) is 0 Å². The Morgan fingerprint density at radius 2 is 1.77 bits per heavy atom. The van der Waals surface area contributed by atoms with Crippen LogP contribution in [0.15, 0.2) is 54.7 Å². The summed E-state index contributed by atoms with van der Waals surface area (Å²) >= 11 is 0. The molecule has 2 nitrogen and oxygen atoms in total. The fourth-order valence-electron chi connectivity index (χ4n) is 2.90. The average molecular weight is 290 g/mol. The summed E-state index contributed by atoms with van der Waals surface area (Å²) in [6.45, 7) is 4.42. The van der Waals surface area contributed by atoms with E-state index in [1.165, 1.54) is 21.9 Å². The highest BCUT2D eigenvalue weighted by Gasteiger charge is 2.08. The minimum atomic E-state index is 0.997. The summed E-state index contributed by atoms with van der Waals surface area (Å²) in [6.07, 6.45) is 5.14. The molecule has 0 bridgehead atoms. The molecule has 0 saturated heterocycles. The summed E-state index contributed by atoms with van der Waals surface area (Å²) in [5, 5.41) is 6.02. The van der Waals surface area contributed by atoms with Crippen molar-refractivity contribution >= 4 is 22.3 Å². The third-order valence-corrected chi connectivity index (χ3v) is 4.05. The molecule has 1 heterocycles. The van der Waals surface area contributed by atoms with Crippen molar-refractivity contribution in [1.29, 1.82) is 0 Å². The second kappa shape index (κ2) is 6.61. The van der Waals surface area contributed by atoms with E-state index in [0.717, 1.165) is 30.8 Å². The first kappa shape index (κ1) is 14.6. The van der Waals surface area contributed by atoms with Gasteiger partial charge in [0.15, 0.2) is 0 Å². The molecule has 2 heteroatoms. The first-order valence-corrected chi connectivity index (χ1v) is 8.04. The zero-order valence-corrected chi connectivity index (χ0v) is 13.3. The van der Waals surface area contributed by atoms with Crippen LogP contribution < -0.4 is 5.32 Å². The van der Waals surface area contributed by atoms with Gasteiger partial charge in [-0.25, -0.2) is 4.98 Å². The molecule has 0 unspecified atom stereocenters. The van der Waals surface area contributed by atoms with Gasteiger partial charge >= 0.3 is 0 Å². The molecule has 1 N–H and O–H groups in total. The summed E-state index contributed by atoms with van der Waals surface area (Å²) in [6, 6.07) is 17.0. The lowest BCUT2D eigenvalue weighted by Crippen LogP contribution is -2.02. The van der Waals surface area contributed by atoms with E-state index in [-0.39, 0.29) is 0 Å². The molecule has 0 saturated carbocycles. The van der Waals surface area contributed by atoms with Crippen molar-refractivity contribution in [2.24, 2.45) is 0 Å². The number of rotatable bonds is 5. The van der Waals surface area contributed by atoms with Gasteiger partial charge in [-0.1, -0.05) is 50.6 Å². The van der Waals surface area contributed by atoms with E-state index in [4.69, 9.17) is 0 Å². The molecule has 0 fully saturated rings. The maximum absolute atomic E-state index is 4.57. The van der Waals surface area contributed by atoms with Gasteiger partial charge in [0.1, 0.15) is 5.82 Å². The van der Waals surface area contributed by atoms with Crippen LogP contribution in [0.25, 0.3) is 10.8 Å². The van der Waals surface area contributed by atoms with E-state index < -0.39 is 0 Å². The number of benzene rings is 2. The predicted octanol–water partition coefficient (Wildman–Crippen LogP) is 5.49. The Morgan fingerprint density at radius 3 is 2.55 bits per heavy atom. The first-order valence-electron chi connectivity index (χ1n) is 8.04. The van der Waals surface area contributed by atoms with Gasteiger partial charge < -0.3 is 5.32 Å². The zero-order valence-electron chi connectivity index (χ0n) is 13.3. The number of pyridine rings is 1. The number of aryl methyl sites for hydroxylation is 1. The third kappa shape index (κ3) is 2.96. The van der Waals surface area contributed by atoms with Crippen LogP contribution in [0, 0.1) is 0 Å². The predicted molar refractivity (Wildman–Crippen MR) is 94.8 cm³/mol. The fraction of sp³-hybridized carbons (Fsp3) is 0.250. The molecule has 112 valence electrons. The fourth-order valence-corrected chi connectivity index (χ4v) is 2.90. The molecule has 22 heavy (non-hydrogen) atoms. The minimum absolute atomic E-state index is 0.997. The number of nitrogens with zero attached hydrogens (tertiary/aromatic N) is 1. The van der Waals surface area contributed by atoms with Crippen LogP contribution in [0.1, 0.15) is 31.4 Å². The molecule has 0 radical (unpaired) electrons. The number of anilines is 2. The molecular weight excluding hydrogens is 268 g/mol. The lowest BCUT2D eigenvalue weighted by Gasteiger charge is -2.14. The number of fused-ring (bicyclic) bond motifs is 1. The second-order valence-electron chi connectivity index (χ2n) is 5.59. The van der Waals surface area contributed by atoms with Crippen molar-refractivity contribution in [3.05, 3.63) is 65.9 Å². The monoisotopic (exact) mass is 290 g/mol. The Bertz CT molecular complexity index is 778. The Morgan fingerprint density at radius 1 is 0.955 bits per heavy atom.